The Morgan fingerprint density at radius 3 is 1.88 bits per heavy atom. The third kappa shape index (κ3) is 6.97. The topological polar surface area (TPSA) is 52.6 Å². The summed E-state index contributed by atoms with van der Waals surface area (Å²) in [6.07, 6.45) is -0.134. The van der Waals surface area contributed by atoms with Gasteiger partial charge in [0.2, 0.25) is 6.29 Å². The van der Waals surface area contributed by atoms with Gasteiger partial charge in [-0.2, -0.15) is 0 Å². The minimum Gasteiger partial charge on any atom is -0.426 e. The molecular weight excluding hydrogens is 220 g/mol. The molecule has 0 aromatic rings. The van der Waals surface area contributed by atoms with E-state index in [1.165, 1.54) is 13.8 Å². The Labute approximate surface area is 104 Å². The monoisotopic (exact) mass is 244 g/mol. The Hall–Kier alpha value is -1.06. The van der Waals surface area contributed by atoms with Gasteiger partial charge in [-0.15, -0.1) is 0 Å². The largest absolute Gasteiger partial charge is 0.426 e. The summed E-state index contributed by atoms with van der Waals surface area (Å²) in [5.74, 6) is -0.805. The molecule has 0 saturated heterocycles. The van der Waals surface area contributed by atoms with Gasteiger partial charge in [0.15, 0.2) is 0 Å². The van der Waals surface area contributed by atoms with Gasteiger partial charge in [0.1, 0.15) is 0 Å². The highest BCUT2D eigenvalue weighted by Gasteiger charge is 2.35. The van der Waals surface area contributed by atoms with Gasteiger partial charge in [0, 0.05) is 13.8 Å². The Kier molecular flexibility index (Phi) is 5.17. The molecule has 0 fully saturated rings. The van der Waals surface area contributed by atoms with Crippen molar-refractivity contribution in [2.75, 3.05) is 0 Å². The lowest BCUT2D eigenvalue weighted by Crippen LogP contribution is -2.34. The zero-order valence-electron chi connectivity index (χ0n) is 11.9. The maximum absolute atomic E-state index is 11.9. The summed E-state index contributed by atoms with van der Waals surface area (Å²) in [5, 5.41) is 0. The van der Waals surface area contributed by atoms with Crippen molar-refractivity contribution in [2.45, 2.75) is 61.2 Å². The van der Waals surface area contributed by atoms with Crippen molar-refractivity contribution in [1.29, 1.82) is 0 Å². The minimum atomic E-state index is -0.834. The lowest BCUT2D eigenvalue weighted by molar-refractivity contribution is -0.190. The van der Waals surface area contributed by atoms with Crippen LogP contribution in [0.25, 0.3) is 0 Å². The van der Waals surface area contributed by atoms with Crippen molar-refractivity contribution in [2.24, 2.45) is 10.8 Å². The lowest BCUT2D eigenvalue weighted by atomic mass is 9.76. The number of carbonyl (C=O) groups is 2. The number of hydrogen-bond acceptors (Lipinski definition) is 4. The summed E-state index contributed by atoms with van der Waals surface area (Å²) in [7, 11) is 0. The second kappa shape index (κ2) is 5.52. The molecule has 0 bridgehead atoms. The van der Waals surface area contributed by atoms with Gasteiger partial charge in [-0.3, -0.25) is 9.59 Å². The van der Waals surface area contributed by atoms with Gasteiger partial charge >= 0.3 is 11.9 Å². The van der Waals surface area contributed by atoms with E-state index in [0.29, 0.717) is 6.42 Å². The van der Waals surface area contributed by atoms with Crippen LogP contribution in [-0.4, -0.2) is 18.2 Å². The van der Waals surface area contributed by atoms with Crippen LogP contribution in [0.5, 0.6) is 0 Å². The van der Waals surface area contributed by atoms with Gasteiger partial charge in [-0.25, -0.2) is 0 Å². The molecule has 0 heterocycles. The standard InChI is InChI=1S/C13H24O4/c1-9(14)16-10(2)17-11(15)13(6,7)8-12(3,4)5/h10H,8H2,1-7H3. The Bertz CT molecular complexity index is 286. The van der Waals surface area contributed by atoms with Gasteiger partial charge in [-0.05, 0) is 25.7 Å². The highest BCUT2D eigenvalue weighted by atomic mass is 16.7. The first kappa shape index (κ1) is 15.9. The van der Waals surface area contributed by atoms with Crippen molar-refractivity contribution in [1.82, 2.24) is 0 Å². The molecule has 0 aromatic carbocycles. The summed E-state index contributed by atoms with van der Waals surface area (Å²) in [6, 6.07) is 0. The maximum atomic E-state index is 11.9. The molecule has 0 aliphatic rings. The van der Waals surface area contributed by atoms with Crippen LogP contribution >= 0.6 is 0 Å². The Morgan fingerprint density at radius 1 is 1.06 bits per heavy atom. The predicted octanol–water partition coefficient (Wildman–Crippen LogP) is 2.90. The van der Waals surface area contributed by atoms with Crippen LogP contribution in [0.3, 0.4) is 0 Å². The average Bonchev–Trinajstić information content (AvgIpc) is 1.96. The van der Waals surface area contributed by atoms with Crippen LogP contribution < -0.4 is 0 Å². The maximum Gasteiger partial charge on any atom is 0.314 e. The predicted molar refractivity (Wildman–Crippen MR) is 65.2 cm³/mol. The molecule has 1 unspecified atom stereocenters. The summed E-state index contributed by atoms with van der Waals surface area (Å²) >= 11 is 0. The van der Waals surface area contributed by atoms with E-state index in [-0.39, 0.29) is 11.4 Å². The second-order valence-electron chi connectivity index (χ2n) is 6.20. The van der Waals surface area contributed by atoms with Crippen LogP contribution in [0.4, 0.5) is 0 Å². The van der Waals surface area contributed by atoms with E-state index >= 15 is 0 Å². The molecule has 0 aliphatic carbocycles. The molecule has 1 atom stereocenters. The van der Waals surface area contributed by atoms with E-state index in [1.54, 1.807) is 0 Å². The van der Waals surface area contributed by atoms with Crippen LogP contribution in [0.1, 0.15) is 54.9 Å². The summed E-state index contributed by atoms with van der Waals surface area (Å²) in [6.45, 7) is 12.7. The molecule has 100 valence electrons. The molecule has 0 spiro atoms. The van der Waals surface area contributed by atoms with E-state index in [4.69, 9.17) is 9.47 Å². The van der Waals surface area contributed by atoms with Crippen molar-refractivity contribution in [3.05, 3.63) is 0 Å². The SMILES string of the molecule is CC(=O)OC(C)OC(=O)C(C)(C)CC(C)(C)C. The van der Waals surface area contributed by atoms with Crippen LogP contribution in [0.2, 0.25) is 0 Å². The third-order valence-corrected chi connectivity index (χ3v) is 2.13. The molecule has 17 heavy (non-hydrogen) atoms. The fourth-order valence-electron chi connectivity index (χ4n) is 1.97. The highest BCUT2D eigenvalue weighted by Crippen LogP contribution is 2.34. The van der Waals surface area contributed by atoms with Gasteiger partial charge in [0.05, 0.1) is 5.41 Å². The van der Waals surface area contributed by atoms with Gasteiger partial charge in [-0.1, -0.05) is 20.8 Å². The number of rotatable bonds is 4. The first-order chi connectivity index (χ1) is 7.44. The summed E-state index contributed by atoms with van der Waals surface area (Å²) < 4.78 is 9.85. The lowest BCUT2D eigenvalue weighted by Gasteiger charge is -2.31. The number of ether oxygens (including phenoxy) is 2. The molecule has 0 rings (SSSR count). The average molecular weight is 244 g/mol. The van der Waals surface area contributed by atoms with Crippen molar-refractivity contribution in [3.8, 4) is 0 Å². The summed E-state index contributed by atoms with van der Waals surface area (Å²) in [5.41, 5.74) is -0.556. The van der Waals surface area contributed by atoms with Crippen molar-refractivity contribution < 1.29 is 19.1 Å². The smallest absolute Gasteiger partial charge is 0.314 e. The third-order valence-electron chi connectivity index (χ3n) is 2.13. The second-order valence-corrected chi connectivity index (χ2v) is 6.20. The van der Waals surface area contributed by atoms with E-state index in [0.717, 1.165) is 0 Å². The van der Waals surface area contributed by atoms with E-state index in [9.17, 15) is 9.59 Å². The fourth-order valence-corrected chi connectivity index (χ4v) is 1.97. The fraction of sp³-hybridized carbons (Fsp3) is 0.846. The van der Waals surface area contributed by atoms with Crippen LogP contribution in [0, 0.1) is 10.8 Å². The molecule has 0 N–H and O–H groups in total. The first-order valence-corrected chi connectivity index (χ1v) is 5.82. The quantitative estimate of drug-likeness (QED) is 0.563. The Morgan fingerprint density at radius 2 is 1.53 bits per heavy atom. The number of esters is 2. The zero-order valence-corrected chi connectivity index (χ0v) is 11.9. The molecule has 0 amide bonds. The molecule has 0 saturated carbocycles. The van der Waals surface area contributed by atoms with E-state index in [2.05, 4.69) is 20.8 Å². The molecular formula is C13H24O4. The highest BCUT2D eigenvalue weighted by molar-refractivity contribution is 5.76. The van der Waals surface area contributed by atoms with Gasteiger partial charge in [0.25, 0.3) is 0 Å². The number of carbonyl (C=O) groups excluding carboxylic acids is 2. The van der Waals surface area contributed by atoms with Gasteiger partial charge < -0.3 is 9.47 Å². The van der Waals surface area contributed by atoms with Crippen molar-refractivity contribution >= 4 is 11.9 Å². The molecule has 4 heteroatoms. The van der Waals surface area contributed by atoms with E-state index < -0.39 is 17.7 Å². The zero-order chi connectivity index (χ0) is 13.9. The molecule has 0 aliphatic heterocycles. The molecule has 0 radical (unpaired) electrons. The minimum absolute atomic E-state index is 0.0349. The molecule has 4 nitrogen and oxygen atoms in total. The van der Waals surface area contributed by atoms with Crippen LogP contribution in [-0.2, 0) is 19.1 Å². The van der Waals surface area contributed by atoms with E-state index in [1.807, 2.05) is 13.8 Å². The van der Waals surface area contributed by atoms with Crippen molar-refractivity contribution in [3.63, 3.8) is 0 Å². The normalized spacial score (nSPS) is 14.1. The Balaban J connectivity index is 4.44. The number of hydrogen-bond donors (Lipinski definition) is 0. The first-order valence-electron chi connectivity index (χ1n) is 5.82. The molecule has 0 aromatic heterocycles. The van der Waals surface area contributed by atoms with Crippen LogP contribution in [0.15, 0.2) is 0 Å². The summed E-state index contributed by atoms with van der Waals surface area (Å²) in [4.78, 5) is 22.6.